The second-order valence-electron chi connectivity index (χ2n) is 4.63. The van der Waals surface area contributed by atoms with E-state index in [0.29, 0.717) is 0 Å². The maximum absolute atomic E-state index is 8.98. The van der Waals surface area contributed by atoms with Crippen LogP contribution in [0, 0.1) is 5.41 Å². The van der Waals surface area contributed by atoms with Crippen LogP contribution in [0.25, 0.3) is 0 Å². The molecule has 1 N–H and O–H groups in total. The average Bonchev–Trinajstić information content (AvgIpc) is 2.17. The highest BCUT2D eigenvalue weighted by Crippen LogP contribution is 2.29. The molecule has 0 saturated heterocycles. The fraction of sp³-hybridized carbons (Fsp3) is 0.538. The van der Waals surface area contributed by atoms with Crippen molar-refractivity contribution in [2.45, 2.75) is 26.7 Å². The Kier molecular flexibility index (Phi) is 4.15. The molecular weight excluding hydrogens is 188 g/mol. The van der Waals surface area contributed by atoms with E-state index >= 15 is 0 Å². The van der Waals surface area contributed by atoms with Crippen molar-refractivity contribution in [3.05, 3.63) is 29.8 Å². The summed E-state index contributed by atoms with van der Waals surface area (Å²) < 4.78 is 5.31. The number of hydrogen-bond acceptors (Lipinski definition) is 2. The highest BCUT2D eigenvalue weighted by molar-refractivity contribution is 5.33. The first kappa shape index (κ1) is 12.1. The molecule has 0 atom stereocenters. The first-order chi connectivity index (χ1) is 7.09. The topological polar surface area (TPSA) is 29.5 Å². The first-order valence-corrected chi connectivity index (χ1v) is 5.32. The van der Waals surface area contributed by atoms with Crippen LogP contribution in [0.5, 0.6) is 5.75 Å². The molecule has 1 rings (SSSR count). The van der Waals surface area contributed by atoms with Crippen LogP contribution in [0.3, 0.4) is 0 Å². The molecule has 0 aliphatic heterocycles. The van der Waals surface area contributed by atoms with Gasteiger partial charge in [0, 0.05) is 6.61 Å². The number of rotatable bonds is 5. The molecule has 2 nitrogen and oxygen atoms in total. The van der Waals surface area contributed by atoms with Gasteiger partial charge in [-0.3, -0.25) is 0 Å². The van der Waals surface area contributed by atoms with Crippen molar-refractivity contribution in [1.82, 2.24) is 0 Å². The lowest BCUT2D eigenvalue weighted by Crippen LogP contribution is -2.17. The highest BCUT2D eigenvalue weighted by Gasteiger charge is 2.19. The number of benzene rings is 1. The van der Waals surface area contributed by atoms with Gasteiger partial charge in [0.05, 0.1) is 7.11 Å². The summed E-state index contributed by atoms with van der Waals surface area (Å²) in [5.74, 6) is 0.934. The summed E-state index contributed by atoms with van der Waals surface area (Å²) >= 11 is 0. The Labute approximate surface area is 91.9 Å². The normalized spacial score (nSPS) is 11.5. The van der Waals surface area contributed by atoms with Crippen LogP contribution in [0.15, 0.2) is 24.3 Å². The molecule has 0 bridgehead atoms. The van der Waals surface area contributed by atoms with Gasteiger partial charge in [0.2, 0.25) is 0 Å². The van der Waals surface area contributed by atoms with Crippen LogP contribution in [-0.4, -0.2) is 18.8 Å². The van der Waals surface area contributed by atoms with Crippen LogP contribution in [-0.2, 0) is 6.42 Å². The van der Waals surface area contributed by atoms with Gasteiger partial charge in [-0.25, -0.2) is 0 Å². The van der Waals surface area contributed by atoms with Crippen LogP contribution in [0.1, 0.15) is 25.8 Å². The van der Waals surface area contributed by atoms with E-state index in [9.17, 15) is 0 Å². The summed E-state index contributed by atoms with van der Waals surface area (Å²) in [5.41, 5.74) is 1.32. The molecule has 0 aliphatic carbocycles. The van der Waals surface area contributed by atoms with E-state index in [4.69, 9.17) is 9.84 Å². The Morgan fingerprint density at radius 2 is 1.93 bits per heavy atom. The van der Waals surface area contributed by atoms with E-state index in [0.717, 1.165) is 18.6 Å². The van der Waals surface area contributed by atoms with Crippen molar-refractivity contribution in [3.8, 4) is 5.75 Å². The fourth-order valence-corrected chi connectivity index (χ4v) is 1.76. The molecule has 0 radical (unpaired) electrons. The molecular formula is C13H20O2. The summed E-state index contributed by atoms with van der Waals surface area (Å²) in [6, 6.07) is 8.05. The lowest BCUT2D eigenvalue weighted by atomic mass is 9.83. The van der Waals surface area contributed by atoms with Gasteiger partial charge < -0.3 is 9.84 Å². The fourth-order valence-electron chi connectivity index (χ4n) is 1.76. The van der Waals surface area contributed by atoms with Crippen molar-refractivity contribution in [2.75, 3.05) is 13.7 Å². The largest absolute Gasteiger partial charge is 0.496 e. The quantitative estimate of drug-likeness (QED) is 0.806. The molecule has 0 unspecified atom stereocenters. The smallest absolute Gasteiger partial charge is 0.122 e. The monoisotopic (exact) mass is 208 g/mol. The van der Waals surface area contributed by atoms with E-state index in [1.54, 1.807) is 7.11 Å². The second kappa shape index (κ2) is 5.17. The molecule has 1 aromatic rings. The Morgan fingerprint density at radius 1 is 1.27 bits per heavy atom. The molecule has 0 spiro atoms. The van der Waals surface area contributed by atoms with E-state index in [2.05, 4.69) is 19.9 Å². The third kappa shape index (κ3) is 3.56. The molecule has 15 heavy (non-hydrogen) atoms. The van der Waals surface area contributed by atoms with Gasteiger partial charge in [-0.05, 0) is 29.9 Å². The van der Waals surface area contributed by atoms with E-state index in [-0.39, 0.29) is 12.0 Å². The van der Waals surface area contributed by atoms with Gasteiger partial charge in [0.1, 0.15) is 5.75 Å². The van der Waals surface area contributed by atoms with E-state index < -0.39 is 0 Å². The maximum Gasteiger partial charge on any atom is 0.122 e. The molecule has 1 aromatic carbocycles. The van der Waals surface area contributed by atoms with Crippen molar-refractivity contribution < 1.29 is 9.84 Å². The molecule has 0 aliphatic rings. The number of para-hydroxylation sites is 1. The van der Waals surface area contributed by atoms with Gasteiger partial charge in [0.15, 0.2) is 0 Å². The van der Waals surface area contributed by atoms with Crippen LogP contribution in [0.2, 0.25) is 0 Å². The Morgan fingerprint density at radius 3 is 2.53 bits per heavy atom. The van der Waals surface area contributed by atoms with Gasteiger partial charge in [-0.15, -0.1) is 0 Å². The summed E-state index contributed by atoms with van der Waals surface area (Å²) in [6.07, 6.45) is 1.74. The van der Waals surface area contributed by atoms with E-state index in [1.165, 1.54) is 5.56 Å². The Bertz CT molecular complexity index is 305. The maximum atomic E-state index is 8.98. The predicted molar refractivity (Wildman–Crippen MR) is 62.2 cm³/mol. The SMILES string of the molecule is COc1ccccc1CC(C)(C)CCO. The van der Waals surface area contributed by atoms with Crippen LogP contribution >= 0.6 is 0 Å². The minimum absolute atomic E-state index is 0.114. The van der Waals surface area contributed by atoms with Gasteiger partial charge in [-0.1, -0.05) is 32.0 Å². The molecule has 0 saturated carbocycles. The van der Waals surface area contributed by atoms with Gasteiger partial charge in [0.25, 0.3) is 0 Å². The molecule has 0 heterocycles. The lowest BCUT2D eigenvalue weighted by molar-refractivity contribution is 0.210. The number of aliphatic hydroxyl groups excluding tert-OH is 1. The Balaban J connectivity index is 2.79. The summed E-state index contributed by atoms with van der Waals surface area (Å²) in [7, 11) is 1.69. The first-order valence-electron chi connectivity index (χ1n) is 5.32. The lowest BCUT2D eigenvalue weighted by Gasteiger charge is -2.24. The summed E-state index contributed by atoms with van der Waals surface area (Å²) in [6.45, 7) is 4.56. The van der Waals surface area contributed by atoms with Gasteiger partial charge >= 0.3 is 0 Å². The number of hydrogen-bond donors (Lipinski definition) is 1. The van der Waals surface area contributed by atoms with Crippen molar-refractivity contribution >= 4 is 0 Å². The Hall–Kier alpha value is -1.02. The number of ether oxygens (including phenoxy) is 1. The zero-order valence-corrected chi connectivity index (χ0v) is 9.79. The third-order valence-corrected chi connectivity index (χ3v) is 2.65. The molecule has 84 valence electrons. The minimum atomic E-state index is 0.114. The van der Waals surface area contributed by atoms with Crippen LogP contribution in [0.4, 0.5) is 0 Å². The van der Waals surface area contributed by atoms with E-state index in [1.807, 2.05) is 18.2 Å². The minimum Gasteiger partial charge on any atom is -0.496 e. The van der Waals surface area contributed by atoms with Crippen LogP contribution < -0.4 is 4.74 Å². The predicted octanol–water partition coefficient (Wildman–Crippen LogP) is 2.65. The molecule has 0 aromatic heterocycles. The average molecular weight is 208 g/mol. The zero-order valence-electron chi connectivity index (χ0n) is 9.79. The third-order valence-electron chi connectivity index (χ3n) is 2.65. The second-order valence-corrected chi connectivity index (χ2v) is 4.63. The number of methoxy groups -OCH3 is 1. The number of aliphatic hydroxyl groups is 1. The van der Waals surface area contributed by atoms with Crippen molar-refractivity contribution in [2.24, 2.45) is 5.41 Å². The highest BCUT2D eigenvalue weighted by atomic mass is 16.5. The molecule has 2 heteroatoms. The zero-order chi connectivity index (χ0) is 11.3. The van der Waals surface area contributed by atoms with Crippen molar-refractivity contribution in [1.29, 1.82) is 0 Å². The van der Waals surface area contributed by atoms with Gasteiger partial charge in [-0.2, -0.15) is 0 Å². The standard InChI is InChI=1S/C13H20O2/c1-13(2,8-9-14)10-11-6-4-5-7-12(11)15-3/h4-7,14H,8-10H2,1-3H3. The molecule has 0 fully saturated rings. The van der Waals surface area contributed by atoms with Crippen molar-refractivity contribution in [3.63, 3.8) is 0 Å². The molecule has 0 amide bonds. The summed E-state index contributed by atoms with van der Waals surface area (Å²) in [4.78, 5) is 0. The summed E-state index contributed by atoms with van der Waals surface area (Å²) in [5, 5.41) is 8.98.